The van der Waals surface area contributed by atoms with Gasteiger partial charge in [0.05, 0.1) is 6.04 Å². The van der Waals surface area contributed by atoms with Gasteiger partial charge in [-0.05, 0) is 49.8 Å². The van der Waals surface area contributed by atoms with Crippen LogP contribution < -0.4 is 5.32 Å². The third-order valence-corrected chi connectivity index (χ3v) is 5.43. The van der Waals surface area contributed by atoms with E-state index in [-0.39, 0.29) is 18.6 Å². The standard InChI is InChI=1S/C19H21NO3S/c1-13(14-7-3-2-4-8-14)20-18(21)12-23-19(22)17-11-15-9-5-6-10-16(15)24-17/h2-4,7-8,11,13H,5-6,9-10,12H2,1H3,(H,20,21). The van der Waals surface area contributed by atoms with Crippen LogP contribution in [0.3, 0.4) is 0 Å². The Morgan fingerprint density at radius 1 is 1.21 bits per heavy atom. The molecular formula is C19H21NO3S. The Kier molecular flexibility index (Phi) is 5.30. The maximum absolute atomic E-state index is 12.1. The number of fused-ring (bicyclic) bond motifs is 1. The maximum Gasteiger partial charge on any atom is 0.348 e. The number of aryl methyl sites for hydroxylation is 2. The maximum atomic E-state index is 12.1. The first-order valence-electron chi connectivity index (χ1n) is 8.26. The van der Waals surface area contributed by atoms with E-state index in [4.69, 9.17) is 4.74 Å². The minimum atomic E-state index is -0.406. The van der Waals surface area contributed by atoms with E-state index in [1.807, 2.05) is 43.3 Å². The first kappa shape index (κ1) is 16.7. The van der Waals surface area contributed by atoms with E-state index in [1.54, 1.807) is 0 Å². The number of carbonyl (C=O) groups is 2. The number of carbonyl (C=O) groups excluding carboxylic acids is 2. The molecule has 0 saturated carbocycles. The quantitative estimate of drug-likeness (QED) is 0.843. The van der Waals surface area contributed by atoms with Gasteiger partial charge in [-0.25, -0.2) is 4.79 Å². The molecule has 5 heteroatoms. The third-order valence-electron chi connectivity index (χ3n) is 4.21. The molecule has 0 radical (unpaired) electrons. The Morgan fingerprint density at radius 3 is 2.71 bits per heavy atom. The predicted octanol–water partition coefficient (Wildman–Crippen LogP) is 3.66. The molecule has 1 aromatic heterocycles. The average Bonchev–Trinajstić information content (AvgIpc) is 3.04. The number of nitrogens with one attached hydrogen (secondary N) is 1. The molecule has 1 N–H and O–H groups in total. The van der Waals surface area contributed by atoms with Gasteiger partial charge in [-0.15, -0.1) is 11.3 Å². The van der Waals surface area contributed by atoms with E-state index in [9.17, 15) is 9.59 Å². The summed E-state index contributed by atoms with van der Waals surface area (Å²) in [5.41, 5.74) is 2.28. The van der Waals surface area contributed by atoms with E-state index >= 15 is 0 Å². The van der Waals surface area contributed by atoms with Crippen LogP contribution in [0.5, 0.6) is 0 Å². The molecule has 3 rings (SSSR count). The minimum Gasteiger partial charge on any atom is -0.451 e. The summed E-state index contributed by atoms with van der Waals surface area (Å²) in [6.07, 6.45) is 4.44. The highest BCUT2D eigenvalue weighted by molar-refractivity contribution is 7.14. The van der Waals surface area contributed by atoms with Crippen LogP contribution in [0.4, 0.5) is 0 Å². The fraction of sp³-hybridized carbons (Fsp3) is 0.368. The summed E-state index contributed by atoms with van der Waals surface area (Å²) in [7, 11) is 0. The first-order chi connectivity index (χ1) is 11.6. The first-order valence-corrected chi connectivity index (χ1v) is 9.08. The summed E-state index contributed by atoms with van der Waals surface area (Å²) in [6.45, 7) is 1.65. The molecule has 24 heavy (non-hydrogen) atoms. The fourth-order valence-electron chi connectivity index (χ4n) is 2.90. The second-order valence-electron chi connectivity index (χ2n) is 6.04. The topological polar surface area (TPSA) is 55.4 Å². The SMILES string of the molecule is CC(NC(=O)COC(=O)c1cc2c(s1)CCCC2)c1ccccc1. The molecule has 1 aliphatic rings. The molecule has 1 heterocycles. The Hall–Kier alpha value is -2.14. The van der Waals surface area contributed by atoms with Crippen molar-refractivity contribution < 1.29 is 14.3 Å². The van der Waals surface area contributed by atoms with Crippen molar-refractivity contribution in [1.82, 2.24) is 5.32 Å². The van der Waals surface area contributed by atoms with Gasteiger partial charge in [-0.3, -0.25) is 4.79 Å². The summed E-state index contributed by atoms with van der Waals surface area (Å²) in [5.74, 6) is -0.696. The largest absolute Gasteiger partial charge is 0.451 e. The van der Waals surface area contributed by atoms with Crippen LogP contribution in [0.1, 0.15) is 51.5 Å². The van der Waals surface area contributed by atoms with Crippen molar-refractivity contribution in [3.8, 4) is 0 Å². The van der Waals surface area contributed by atoms with Crippen molar-refractivity contribution in [2.45, 2.75) is 38.6 Å². The second-order valence-corrected chi connectivity index (χ2v) is 7.18. The normalized spacial score (nSPS) is 14.5. The summed E-state index contributed by atoms with van der Waals surface area (Å²) in [5, 5.41) is 2.84. The van der Waals surface area contributed by atoms with E-state index in [0.29, 0.717) is 4.88 Å². The lowest BCUT2D eigenvalue weighted by atomic mass is 9.99. The Bertz CT molecular complexity index is 700. The zero-order chi connectivity index (χ0) is 16.9. The highest BCUT2D eigenvalue weighted by atomic mass is 32.1. The fourth-order valence-corrected chi connectivity index (χ4v) is 4.05. The molecule has 4 nitrogen and oxygen atoms in total. The number of benzene rings is 1. The van der Waals surface area contributed by atoms with Crippen LogP contribution in [0.2, 0.25) is 0 Å². The van der Waals surface area contributed by atoms with E-state index in [1.165, 1.54) is 34.6 Å². The molecule has 0 saturated heterocycles. The number of amides is 1. The Labute approximate surface area is 145 Å². The smallest absolute Gasteiger partial charge is 0.348 e. The van der Waals surface area contributed by atoms with Gasteiger partial charge in [0.25, 0.3) is 5.91 Å². The van der Waals surface area contributed by atoms with Crippen LogP contribution in [0.15, 0.2) is 36.4 Å². The van der Waals surface area contributed by atoms with Gasteiger partial charge >= 0.3 is 5.97 Å². The van der Waals surface area contributed by atoms with Crippen molar-refractivity contribution >= 4 is 23.2 Å². The summed E-state index contributed by atoms with van der Waals surface area (Å²) < 4.78 is 5.16. The molecule has 1 amide bonds. The summed E-state index contributed by atoms with van der Waals surface area (Å²) in [4.78, 5) is 26.0. The monoisotopic (exact) mass is 343 g/mol. The van der Waals surface area contributed by atoms with Crippen molar-refractivity contribution in [3.63, 3.8) is 0 Å². The molecule has 1 unspecified atom stereocenters. The van der Waals surface area contributed by atoms with Crippen LogP contribution in [-0.2, 0) is 22.4 Å². The zero-order valence-corrected chi connectivity index (χ0v) is 14.5. The van der Waals surface area contributed by atoms with Gasteiger partial charge in [-0.1, -0.05) is 30.3 Å². The third kappa shape index (κ3) is 4.03. The number of hydrogen-bond acceptors (Lipinski definition) is 4. The summed E-state index contributed by atoms with van der Waals surface area (Å²) >= 11 is 1.50. The highest BCUT2D eigenvalue weighted by Gasteiger charge is 2.19. The predicted molar refractivity (Wildman–Crippen MR) is 94.2 cm³/mol. The van der Waals surface area contributed by atoms with Gasteiger partial charge in [0.15, 0.2) is 6.61 Å². The molecule has 1 aliphatic carbocycles. The number of thiophene rings is 1. The zero-order valence-electron chi connectivity index (χ0n) is 13.7. The molecule has 2 aromatic rings. The molecule has 0 fully saturated rings. The minimum absolute atomic E-state index is 0.119. The van der Waals surface area contributed by atoms with E-state index < -0.39 is 5.97 Å². The van der Waals surface area contributed by atoms with Crippen LogP contribution in [0.25, 0.3) is 0 Å². The van der Waals surface area contributed by atoms with Crippen molar-refractivity contribution in [3.05, 3.63) is 57.3 Å². The molecule has 0 bridgehead atoms. The highest BCUT2D eigenvalue weighted by Crippen LogP contribution is 2.30. The molecule has 1 atom stereocenters. The van der Waals surface area contributed by atoms with Crippen molar-refractivity contribution in [2.75, 3.05) is 6.61 Å². The molecule has 0 spiro atoms. The Balaban J connectivity index is 1.50. The van der Waals surface area contributed by atoms with Crippen LogP contribution in [0, 0.1) is 0 Å². The van der Waals surface area contributed by atoms with Crippen molar-refractivity contribution in [2.24, 2.45) is 0 Å². The number of rotatable bonds is 5. The number of esters is 1. The van der Waals surface area contributed by atoms with Gasteiger partial charge in [0.1, 0.15) is 4.88 Å². The number of ether oxygens (including phenoxy) is 1. The lowest BCUT2D eigenvalue weighted by molar-refractivity contribution is -0.124. The van der Waals surface area contributed by atoms with Gasteiger partial charge in [0.2, 0.25) is 0 Å². The molecule has 126 valence electrons. The Morgan fingerprint density at radius 2 is 1.96 bits per heavy atom. The number of hydrogen-bond donors (Lipinski definition) is 1. The summed E-state index contributed by atoms with van der Waals surface area (Å²) in [6, 6.07) is 11.5. The second kappa shape index (κ2) is 7.62. The molecular weight excluding hydrogens is 322 g/mol. The van der Waals surface area contributed by atoms with E-state index in [0.717, 1.165) is 18.4 Å². The van der Waals surface area contributed by atoms with E-state index in [2.05, 4.69) is 5.32 Å². The van der Waals surface area contributed by atoms with Gasteiger partial charge in [-0.2, -0.15) is 0 Å². The van der Waals surface area contributed by atoms with Crippen LogP contribution >= 0.6 is 11.3 Å². The molecule has 1 aromatic carbocycles. The van der Waals surface area contributed by atoms with Crippen molar-refractivity contribution in [1.29, 1.82) is 0 Å². The van der Waals surface area contributed by atoms with Gasteiger partial charge in [0, 0.05) is 4.88 Å². The lowest BCUT2D eigenvalue weighted by Gasteiger charge is -2.14. The lowest BCUT2D eigenvalue weighted by Crippen LogP contribution is -2.31. The van der Waals surface area contributed by atoms with Gasteiger partial charge < -0.3 is 10.1 Å². The average molecular weight is 343 g/mol. The molecule has 0 aliphatic heterocycles. The van der Waals surface area contributed by atoms with Crippen LogP contribution in [-0.4, -0.2) is 18.5 Å².